The lowest BCUT2D eigenvalue weighted by Gasteiger charge is -2.32. The van der Waals surface area contributed by atoms with Gasteiger partial charge in [-0.25, -0.2) is 21.9 Å². The summed E-state index contributed by atoms with van der Waals surface area (Å²) in [4.78, 5) is 11.2. The summed E-state index contributed by atoms with van der Waals surface area (Å²) >= 11 is 5.98. The van der Waals surface area contributed by atoms with E-state index < -0.39 is 38.2 Å². The molecule has 0 unspecified atom stereocenters. The summed E-state index contributed by atoms with van der Waals surface area (Å²) in [6.07, 6.45) is 0.838. The highest BCUT2D eigenvalue weighted by molar-refractivity contribution is 7.90. The minimum Gasteiger partial charge on any atom is -0.490 e. The van der Waals surface area contributed by atoms with Crippen LogP contribution in [0.5, 0.6) is 5.75 Å². The van der Waals surface area contributed by atoms with Crippen LogP contribution in [-0.2, 0) is 10.0 Å². The van der Waals surface area contributed by atoms with Crippen molar-refractivity contribution in [3.63, 3.8) is 0 Å². The molecule has 0 saturated carbocycles. The number of hydrogen-bond donors (Lipinski definition) is 2. The fourth-order valence-electron chi connectivity index (χ4n) is 4.10. The largest absolute Gasteiger partial charge is 0.490 e. The molecule has 1 saturated heterocycles. The highest BCUT2D eigenvalue weighted by atomic mass is 35.5. The molecule has 2 atom stereocenters. The number of hydrogen-bond acceptors (Lipinski definition) is 5. The molecule has 1 heterocycles. The molecule has 0 bridgehead atoms. The fraction of sp³-hybridized carbons (Fsp3) is 0.240. The zero-order valence-corrected chi connectivity index (χ0v) is 20.1. The Bertz CT molecular complexity index is 1310. The first-order chi connectivity index (χ1) is 16.7. The molecule has 35 heavy (non-hydrogen) atoms. The normalized spacial score (nSPS) is 18.1. The molecule has 3 aromatic carbocycles. The van der Waals surface area contributed by atoms with Gasteiger partial charge in [0.2, 0.25) is 0 Å². The van der Waals surface area contributed by atoms with Crippen LogP contribution in [0.25, 0.3) is 0 Å². The van der Waals surface area contributed by atoms with Crippen LogP contribution in [0.1, 0.15) is 28.3 Å². The number of carbonyl (C=O) groups is 1. The Morgan fingerprint density at radius 2 is 1.77 bits per heavy atom. The summed E-state index contributed by atoms with van der Waals surface area (Å²) in [7, 11) is -4.65. The van der Waals surface area contributed by atoms with Crippen molar-refractivity contribution >= 4 is 27.5 Å². The molecule has 6 nitrogen and oxygen atoms in total. The lowest BCUT2D eigenvalue weighted by atomic mass is 9.81. The van der Waals surface area contributed by atoms with Crippen molar-refractivity contribution in [2.24, 2.45) is 5.92 Å². The number of amides is 1. The number of carbonyl (C=O) groups excluding carboxylic acids is 1. The molecular weight excluding hydrogens is 498 g/mol. The molecule has 1 aliphatic heterocycles. The molecule has 1 fully saturated rings. The van der Waals surface area contributed by atoms with E-state index in [1.54, 1.807) is 22.9 Å². The Morgan fingerprint density at radius 1 is 1.06 bits per heavy atom. The van der Waals surface area contributed by atoms with Crippen LogP contribution >= 0.6 is 11.6 Å². The van der Waals surface area contributed by atoms with E-state index >= 15 is 0 Å². The first-order valence-corrected chi connectivity index (χ1v) is 12.8. The van der Waals surface area contributed by atoms with E-state index in [0.717, 1.165) is 18.5 Å². The van der Waals surface area contributed by atoms with Gasteiger partial charge in [0.15, 0.2) is 11.6 Å². The van der Waals surface area contributed by atoms with Gasteiger partial charge in [0.05, 0.1) is 6.61 Å². The summed E-state index contributed by atoms with van der Waals surface area (Å²) in [5, 5.41) is 3.90. The maximum Gasteiger partial charge on any atom is 0.267 e. The Kier molecular flexibility index (Phi) is 7.69. The average Bonchev–Trinajstić information content (AvgIpc) is 2.85. The second kappa shape index (κ2) is 10.7. The monoisotopic (exact) mass is 520 g/mol. The van der Waals surface area contributed by atoms with E-state index in [2.05, 4.69) is 5.32 Å². The molecule has 184 valence electrons. The molecule has 4 rings (SSSR count). The summed E-state index contributed by atoms with van der Waals surface area (Å²) in [5.41, 5.74) is 1.14. The quantitative estimate of drug-likeness (QED) is 0.479. The summed E-state index contributed by atoms with van der Waals surface area (Å²) in [5.74, 6) is -3.54. The predicted octanol–water partition coefficient (Wildman–Crippen LogP) is 4.51. The van der Waals surface area contributed by atoms with Crippen LogP contribution in [0.3, 0.4) is 0 Å². The zero-order valence-electron chi connectivity index (χ0n) is 18.5. The molecule has 2 N–H and O–H groups in total. The van der Waals surface area contributed by atoms with Gasteiger partial charge in [0.25, 0.3) is 15.9 Å². The summed E-state index contributed by atoms with van der Waals surface area (Å²) in [6.45, 7) is 1.52. The van der Waals surface area contributed by atoms with Crippen molar-refractivity contribution in [1.29, 1.82) is 0 Å². The molecule has 0 radical (unpaired) electrons. The summed E-state index contributed by atoms with van der Waals surface area (Å²) < 4.78 is 61.9. The number of piperidine rings is 1. The molecule has 3 aromatic rings. The zero-order chi connectivity index (χ0) is 25.0. The average molecular weight is 521 g/mol. The number of halogens is 3. The van der Waals surface area contributed by atoms with Gasteiger partial charge in [-0.3, -0.25) is 4.79 Å². The van der Waals surface area contributed by atoms with Gasteiger partial charge in [0.1, 0.15) is 10.7 Å². The lowest BCUT2D eigenvalue weighted by molar-refractivity contribution is 0.0981. The molecule has 0 spiro atoms. The van der Waals surface area contributed by atoms with E-state index in [9.17, 15) is 22.0 Å². The van der Waals surface area contributed by atoms with Gasteiger partial charge in [-0.15, -0.1) is 0 Å². The first kappa shape index (κ1) is 25.1. The standard InChI is InChI=1S/C25H23ClF2N2O4S/c26-19-8-6-16(7-9-19)20-10-11-29-14-18(20)15-34-23-12-22(28)24(13-21(23)27)35(32,33)30-25(31)17-4-2-1-3-5-17/h1-9,12-13,18,20,29H,10-11,14-15H2,(H,30,31)/t18-,20-/m1/s1. The van der Waals surface area contributed by atoms with Gasteiger partial charge in [-0.05, 0) is 48.7 Å². The minimum atomic E-state index is -4.65. The molecular formula is C25H23ClF2N2O4S. The third kappa shape index (κ3) is 5.98. The van der Waals surface area contributed by atoms with Crippen molar-refractivity contribution in [1.82, 2.24) is 10.0 Å². The van der Waals surface area contributed by atoms with Crippen LogP contribution in [0.4, 0.5) is 8.78 Å². The minimum absolute atomic E-state index is 0.0269. The van der Waals surface area contributed by atoms with Gasteiger partial charge in [-0.2, -0.15) is 0 Å². The van der Waals surface area contributed by atoms with Crippen molar-refractivity contribution in [3.8, 4) is 5.75 Å². The topological polar surface area (TPSA) is 84.5 Å². The van der Waals surface area contributed by atoms with Crippen molar-refractivity contribution in [2.75, 3.05) is 19.7 Å². The first-order valence-electron chi connectivity index (χ1n) is 10.9. The molecule has 10 heteroatoms. The van der Waals surface area contributed by atoms with Crippen LogP contribution in [0.2, 0.25) is 5.02 Å². The Morgan fingerprint density at radius 3 is 2.49 bits per heavy atom. The van der Waals surface area contributed by atoms with Crippen molar-refractivity contribution in [2.45, 2.75) is 17.2 Å². The van der Waals surface area contributed by atoms with Crippen LogP contribution in [-0.4, -0.2) is 34.0 Å². The smallest absolute Gasteiger partial charge is 0.267 e. The van der Waals surface area contributed by atoms with Crippen molar-refractivity contribution in [3.05, 3.63) is 94.5 Å². The SMILES string of the molecule is O=C(NS(=O)(=O)c1cc(F)c(OC[C@H]2CNCC[C@@H]2c2ccc(Cl)cc2)cc1F)c1ccccc1. The highest BCUT2D eigenvalue weighted by Crippen LogP contribution is 2.32. The van der Waals surface area contributed by atoms with Crippen LogP contribution < -0.4 is 14.8 Å². The van der Waals surface area contributed by atoms with Gasteiger partial charge < -0.3 is 10.1 Å². The third-order valence-corrected chi connectivity index (χ3v) is 7.50. The number of sulfonamides is 1. The highest BCUT2D eigenvalue weighted by Gasteiger charge is 2.29. The van der Waals surface area contributed by atoms with E-state index in [0.29, 0.717) is 23.7 Å². The molecule has 0 aliphatic carbocycles. The number of rotatable bonds is 7. The number of benzene rings is 3. The second-order valence-corrected chi connectivity index (χ2v) is 10.3. The van der Waals surface area contributed by atoms with E-state index in [1.807, 2.05) is 24.3 Å². The van der Waals surface area contributed by atoms with Gasteiger partial charge in [-0.1, -0.05) is 41.9 Å². The summed E-state index contributed by atoms with van der Waals surface area (Å²) in [6, 6.07) is 16.2. The third-order valence-electron chi connectivity index (χ3n) is 5.90. The van der Waals surface area contributed by atoms with Gasteiger partial charge >= 0.3 is 0 Å². The van der Waals surface area contributed by atoms with E-state index in [-0.39, 0.29) is 24.0 Å². The second-order valence-electron chi connectivity index (χ2n) is 8.24. The Hall–Kier alpha value is -3.01. The van der Waals surface area contributed by atoms with E-state index in [1.165, 1.54) is 12.1 Å². The molecule has 1 amide bonds. The van der Waals surface area contributed by atoms with Crippen molar-refractivity contribution < 1.29 is 26.7 Å². The molecule has 1 aliphatic rings. The van der Waals surface area contributed by atoms with E-state index in [4.69, 9.17) is 16.3 Å². The van der Waals surface area contributed by atoms with Gasteiger partial charge in [0, 0.05) is 35.2 Å². The Labute approximate surface area is 207 Å². The maximum absolute atomic E-state index is 14.7. The van der Waals surface area contributed by atoms with Crippen LogP contribution in [0, 0.1) is 17.6 Å². The fourth-order valence-corrected chi connectivity index (χ4v) is 5.27. The maximum atomic E-state index is 14.7. The lowest BCUT2D eigenvalue weighted by Crippen LogP contribution is -2.38. The predicted molar refractivity (Wildman–Crippen MR) is 128 cm³/mol. The Balaban J connectivity index is 1.48. The number of nitrogens with one attached hydrogen (secondary N) is 2. The number of ether oxygens (including phenoxy) is 1. The molecule has 0 aromatic heterocycles. The van der Waals surface area contributed by atoms with Crippen LogP contribution in [0.15, 0.2) is 71.6 Å².